The van der Waals surface area contributed by atoms with Gasteiger partial charge in [-0.1, -0.05) is 51.1 Å². The third-order valence-electron chi connectivity index (χ3n) is 4.87. The van der Waals surface area contributed by atoms with Gasteiger partial charge in [0.2, 0.25) is 0 Å². The quantitative estimate of drug-likeness (QED) is 0.766. The van der Waals surface area contributed by atoms with Crippen LogP contribution in [0.25, 0.3) is 0 Å². The maximum Gasteiger partial charge on any atom is 0.0378 e. The van der Waals surface area contributed by atoms with Gasteiger partial charge in [-0.25, -0.2) is 0 Å². The predicted octanol–water partition coefficient (Wildman–Crippen LogP) is 4.74. The predicted molar refractivity (Wildman–Crippen MR) is 95.6 cm³/mol. The van der Waals surface area contributed by atoms with Crippen LogP contribution in [0.15, 0.2) is 27.1 Å². The summed E-state index contributed by atoms with van der Waals surface area (Å²) in [7, 11) is 0. The topological polar surface area (TPSA) is 15.3 Å². The zero-order chi connectivity index (χ0) is 14.7. The van der Waals surface area contributed by atoms with E-state index in [1.165, 1.54) is 59.7 Å². The molecule has 0 bridgehead atoms. The standard InChI is InChI=1S/C17H24Br2N2/c18-15-10-14(11-16(19)12-15)17(13-4-2-1-3-5-13)21-8-6-20-7-9-21/h10-13,17,20H,1-9H2/t17-/m0/s1. The second kappa shape index (κ2) is 7.58. The van der Waals surface area contributed by atoms with Gasteiger partial charge in [-0.05, 0) is 42.5 Å². The molecule has 1 heterocycles. The molecule has 0 radical (unpaired) electrons. The van der Waals surface area contributed by atoms with Crippen molar-refractivity contribution in [2.24, 2.45) is 5.92 Å². The number of hydrogen-bond donors (Lipinski definition) is 1. The summed E-state index contributed by atoms with van der Waals surface area (Å²) in [6.07, 6.45) is 7.01. The van der Waals surface area contributed by atoms with E-state index in [0.29, 0.717) is 6.04 Å². The zero-order valence-electron chi connectivity index (χ0n) is 12.5. The second-order valence-corrected chi connectivity index (χ2v) is 8.16. The van der Waals surface area contributed by atoms with Crippen LogP contribution in [-0.4, -0.2) is 31.1 Å². The minimum Gasteiger partial charge on any atom is -0.314 e. The highest BCUT2D eigenvalue weighted by molar-refractivity contribution is 9.11. The van der Waals surface area contributed by atoms with Crippen LogP contribution in [0, 0.1) is 5.92 Å². The molecule has 0 aromatic heterocycles. The van der Waals surface area contributed by atoms with Gasteiger partial charge in [0.25, 0.3) is 0 Å². The fourth-order valence-electron chi connectivity index (χ4n) is 3.94. The Hall–Kier alpha value is 0.1000. The first-order valence-electron chi connectivity index (χ1n) is 8.15. The molecule has 2 fully saturated rings. The van der Waals surface area contributed by atoms with Crippen molar-refractivity contribution in [1.29, 1.82) is 0 Å². The normalized spacial score (nSPS) is 23.1. The van der Waals surface area contributed by atoms with Gasteiger partial charge in [0.1, 0.15) is 0 Å². The minimum absolute atomic E-state index is 0.584. The lowest BCUT2D eigenvalue weighted by Crippen LogP contribution is -2.47. The molecule has 0 amide bonds. The Balaban J connectivity index is 1.89. The Morgan fingerprint density at radius 3 is 2.19 bits per heavy atom. The first-order chi connectivity index (χ1) is 10.2. The van der Waals surface area contributed by atoms with Crippen LogP contribution in [0.5, 0.6) is 0 Å². The molecule has 2 aliphatic rings. The van der Waals surface area contributed by atoms with E-state index in [4.69, 9.17) is 0 Å². The van der Waals surface area contributed by atoms with Gasteiger partial charge in [-0.15, -0.1) is 0 Å². The first kappa shape index (κ1) is 16.0. The largest absolute Gasteiger partial charge is 0.314 e. The van der Waals surface area contributed by atoms with Crippen molar-refractivity contribution < 1.29 is 0 Å². The number of halogens is 2. The minimum atomic E-state index is 0.584. The molecule has 1 saturated heterocycles. The Kier molecular flexibility index (Phi) is 5.77. The van der Waals surface area contributed by atoms with Crippen LogP contribution in [0.1, 0.15) is 43.7 Å². The molecule has 4 heteroatoms. The molecule has 116 valence electrons. The Morgan fingerprint density at radius 2 is 1.57 bits per heavy atom. The number of nitrogens with one attached hydrogen (secondary N) is 1. The smallest absolute Gasteiger partial charge is 0.0378 e. The fraction of sp³-hybridized carbons (Fsp3) is 0.647. The second-order valence-electron chi connectivity index (χ2n) is 6.33. The summed E-state index contributed by atoms with van der Waals surface area (Å²) in [5.74, 6) is 0.818. The summed E-state index contributed by atoms with van der Waals surface area (Å²) in [6, 6.07) is 7.37. The summed E-state index contributed by atoms with van der Waals surface area (Å²) in [5, 5.41) is 3.49. The number of rotatable bonds is 3. The molecule has 3 rings (SSSR count). The Morgan fingerprint density at radius 1 is 0.952 bits per heavy atom. The number of hydrogen-bond acceptors (Lipinski definition) is 2. The van der Waals surface area contributed by atoms with E-state index in [1.807, 2.05) is 0 Å². The molecule has 1 aromatic rings. The average molecular weight is 416 g/mol. The van der Waals surface area contributed by atoms with Gasteiger partial charge < -0.3 is 5.32 Å². The van der Waals surface area contributed by atoms with Gasteiger partial charge in [0.15, 0.2) is 0 Å². The van der Waals surface area contributed by atoms with E-state index in [2.05, 4.69) is 60.3 Å². The first-order valence-corrected chi connectivity index (χ1v) is 9.73. The lowest BCUT2D eigenvalue weighted by molar-refractivity contribution is 0.103. The van der Waals surface area contributed by atoms with Crippen LogP contribution in [-0.2, 0) is 0 Å². The third kappa shape index (κ3) is 4.10. The van der Waals surface area contributed by atoms with Crippen LogP contribution in [0.3, 0.4) is 0 Å². The average Bonchev–Trinajstić information content (AvgIpc) is 2.49. The van der Waals surface area contributed by atoms with E-state index in [9.17, 15) is 0 Å². The molecule has 1 aliphatic carbocycles. The van der Waals surface area contributed by atoms with Crippen LogP contribution >= 0.6 is 31.9 Å². The van der Waals surface area contributed by atoms with E-state index >= 15 is 0 Å². The highest BCUT2D eigenvalue weighted by atomic mass is 79.9. The maximum absolute atomic E-state index is 3.67. The summed E-state index contributed by atoms with van der Waals surface area (Å²) in [5.41, 5.74) is 1.48. The van der Waals surface area contributed by atoms with E-state index < -0.39 is 0 Å². The molecule has 2 nitrogen and oxygen atoms in total. The third-order valence-corrected chi connectivity index (χ3v) is 5.78. The summed E-state index contributed by atoms with van der Waals surface area (Å²) < 4.78 is 2.37. The van der Waals surface area contributed by atoms with Crippen molar-refractivity contribution in [2.45, 2.75) is 38.1 Å². The maximum atomic E-state index is 3.67. The summed E-state index contributed by atoms with van der Waals surface area (Å²) in [4.78, 5) is 2.71. The molecule has 0 unspecified atom stereocenters. The molecule has 1 aromatic carbocycles. The molecule has 1 saturated carbocycles. The fourth-order valence-corrected chi connectivity index (χ4v) is 5.27. The Labute approximate surface area is 144 Å². The van der Waals surface area contributed by atoms with Crippen molar-refractivity contribution in [3.8, 4) is 0 Å². The van der Waals surface area contributed by atoms with Crippen molar-refractivity contribution in [3.05, 3.63) is 32.7 Å². The van der Waals surface area contributed by atoms with Gasteiger partial charge in [-0.2, -0.15) is 0 Å². The lowest BCUT2D eigenvalue weighted by Gasteiger charge is -2.41. The SMILES string of the molecule is Brc1cc(Br)cc([C@H](C2CCCCC2)N2CCNCC2)c1. The van der Waals surface area contributed by atoms with Crippen molar-refractivity contribution in [3.63, 3.8) is 0 Å². The summed E-state index contributed by atoms with van der Waals surface area (Å²) >= 11 is 7.34. The van der Waals surface area contributed by atoms with E-state index in [1.54, 1.807) is 0 Å². The molecule has 1 aliphatic heterocycles. The van der Waals surface area contributed by atoms with Crippen LogP contribution in [0.4, 0.5) is 0 Å². The van der Waals surface area contributed by atoms with Gasteiger partial charge in [0.05, 0.1) is 0 Å². The van der Waals surface area contributed by atoms with Crippen molar-refractivity contribution >= 4 is 31.9 Å². The van der Waals surface area contributed by atoms with Crippen molar-refractivity contribution in [2.75, 3.05) is 26.2 Å². The van der Waals surface area contributed by atoms with E-state index in [-0.39, 0.29) is 0 Å². The molecular weight excluding hydrogens is 392 g/mol. The Bertz CT molecular complexity index is 428. The summed E-state index contributed by atoms with van der Waals surface area (Å²) in [6.45, 7) is 4.59. The highest BCUT2D eigenvalue weighted by Gasteiger charge is 2.31. The number of benzene rings is 1. The highest BCUT2D eigenvalue weighted by Crippen LogP contribution is 2.40. The van der Waals surface area contributed by atoms with Gasteiger partial charge in [0, 0.05) is 41.2 Å². The molecular formula is C17H24Br2N2. The van der Waals surface area contributed by atoms with Crippen molar-refractivity contribution in [1.82, 2.24) is 10.2 Å². The van der Waals surface area contributed by atoms with Crippen LogP contribution < -0.4 is 5.32 Å². The number of piperazine rings is 1. The molecule has 21 heavy (non-hydrogen) atoms. The monoisotopic (exact) mass is 414 g/mol. The molecule has 1 atom stereocenters. The van der Waals surface area contributed by atoms with Gasteiger partial charge in [-0.3, -0.25) is 4.90 Å². The van der Waals surface area contributed by atoms with Crippen LogP contribution in [0.2, 0.25) is 0 Å². The molecule has 0 spiro atoms. The van der Waals surface area contributed by atoms with E-state index in [0.717, 1.165) is 19.0 Å². The molecule has 1 N–H and O–H groups in total. The lowest BCUT2D eigenvalue weighted by atomic mass is 9.80. The van der Waals surface area contributed by atoms with Gasteiger partial charge >= 0.3 is 0 Å². The number of nitrogens with zero attached hydrogens (tertiary/aromatic N) is 1. The zero-order valence-corrected chi connectivity index (χ0v) is 15.6.